The van der Waals surface area contributed by atoms with Gasteiger partial charge in [-0.15, -0.1) is 0 Å². The Morgan fingerprint density at radius 1 is 0.829 bits per heavy atom. The van der Waals surface area contributed by atoms with Crippen molar-refractivity contribution in [3.8, 4) is 0 Å². The van der Waals surface area contributed by atoms with Crippen LogP contribution in [-0.4, -0.2) is 49.9 Å². The number of hydrogen-bond donors (Lipinski definition) is 2. The average molecular weight is 514 g/mol. The van der Waals surface area contributed by atoms with E-state index in [-0.39, 0.29) is 32.8 Å². The van der Waals surface area contributed by atoms with Gasteiger partial charge >= 0.3 is 13.8 Å². The zero-order valence-electron chi connectivity index (χ0n) is 21.3. The lowest BCUT2D eigenvalue weighted by Crippen LogP contribution is -2.28. The molecule has 0 radical (unpaired) electrons. The van der Waals surface area contributed by atoms with Gasteiger partial charge in [-0.05, 0) is 38.5 Å². The van der Waals surface area contributed by atoms with E-state index in [1.165, 1.54) is 0 Å². The predicted molar refractivity (Wildman–Crippen MR) is 141 cm³/mol. The predicted octanol–water partition coefficient (Wildman–Crippen LogP) is 5.56. The largest absolute Gasteiger partial charge is 0.472 e. The van der Waals surface area contributed by atoms with E-state index in [1.54, 1.807) is 6.92 Å². The Morgan fingerprint density at radius 3 is 1.89 bits per heavy atom. The molecule has 2 unspecified atom stereocenters. The van der Waals surface area contributed by atoms with E-state index in [2.05, 4.69) is 66.1 Å². The maximum atomic E-state index is 11.7. The van der Waals surface area contributed by atoms with E-state index in [9.17, 15) is 14.3 Å². The molecule has 0 amide bonds. The van der Waals surface area contributed by atoms with Gasteiger partial charge in [-0.25, -0.2) is 4.57 Å². The standard InChI is InChI=1S/C26H44NO7P/c1-3-5-6-7-8-9-10-11-12-13-14-15-16-17-18-19-21-31-23-25(34-26(28)4-2)24-33-35(29,30)32-22-20-27/h5-6,8-9,11-12,14-15,17-18,25H,3-4,7,10,13,16,19-24,27H2,1-2H3,(H,29,30)/b6-5-,9-8-,12-11-,15-14-,18-17-. The Kier molecular flexibility index (Phi) is 22.7. The van der Waals surface area contributed by atoms with Crippen LogP contribution in [-0.2, 0) is 27.9 Å². The molecule has 0 rings (SSSR count). The smallest absolute Gasteiger partial charge is 0.457 e. The van der Waals surface area contributed by atoms with Crippen molar-refractivity contribution < 1.29 is 32.8 Å². The molecular formula is C26H44NO7P. The molecular weight excluding hydrogens is 469 g/mol. The minimum Gasteiger partial charge on any atom is -0.457 e. The molecule has 0 heterocycles. The second-order valence-corrected chi connectivity index (χ2v) is 8.88. The highest BCUT2D eigenvalue weighted by Crippen LogP contribution is 2.43. The van der Waals surface area contributed by atoms with Crippen molar-refractivity contribution in [2.24, 2.45) is 5.73 Å². The fourth-order valence-corrected chi connectivity index (χ4v) is 3.27. The number of phosphoric ester groups is 1. The summed E-state index contributed by atoms with van der Waals surface area (Å²) in [6, 6.07) is 0. The molecule has 0 aromatic rings. The van der Waals surface area contributed by atoms with E-state index in [0.717, 1.165) is 32.1 Å². The van der Waals surface area contributed by atoms with Crippen LogP contribution in [0.1, 0.15) is 58.8 Å². The Hall–Kier alpha value is -1.80. The van der Waals surface area contributed by atoms with Crippen LogP contribution in [0, 0.1) is 0 Å². The number of ether oxygens (including phenoxy) is 2. The summed E-state index contributed by atoms with van der Waals surface area (Å²) in [4.78, 5) is 21.1. The normalized spacial score (nSPS) is 15.2. The van der Waals surface area contributed by atoms with Gasteiger partial charge < -0.3 is 20.1 Å². The quantitative estimate of drug-likeness (QED) is 0.0836. The van der Waals surface area contributed by atoms with E-state index in [4.69, 9.17) is 19.7 Å². The van der Waals surface area contributed by atoms with Crippen LogP contribution < -0.4 is 5.73 Å². The highest BCUT2D eigenvalue weighted by atomic mass is 31.2. The first-order chi connectivity index (χ1) is 16.9. The molecule has 3 N–H and O–H groups in total. The molecule has 0 saturated heterocycles. The fraction of sp³-hybridized carbons (Fsp3) is 0.577. The maximum absolute atomic E-state index is 11.7. The van der Waals surface area contributed by atoms with E-state index < -0.39 is 19.9 Å². The zero-order valence-corrected chi connectivity index (χ0v) is 22.2. The van der Waals surface area contributed by atoms with Crippen LogP contribution in [0.5, 0.6) is 0 Å². The van der Waals surface area contributed by atoms with Crippen molar-refractivity contribution >= 4 is 13.8 Å². The van der Waals surface area contributed by atoms with Crippen molar-refractivity contribution in [1.29, 1.82) is 0 Å². The van der Waals surface area contributed by atoms with Gasteiger partial charge in [0.05, 0.1) is 26.4 Å². The molecule has 0 spiro atoms. The van der Waals surface area contributed by atoms with Gasteiger partial charge in [-0.3, -0.25) is 13.8 Å². The Bertz CT molecular complexity index is 716. The van der Waals surface area contributed by atoms with Gasteiger partial charge in [-0.1, -0.05) is 74.6 Å². The van der Waals surface area contributed by atoms with Crippen LogP contribution in [0.25, 0.3) is 0 Å². The first-order valence-corrected chi connectivity index (χ1v) is 13.8. The molecule has 0 bridgehead atoms. The molecule has 0 aliphatic rings. The number of rotatable bonds is 22. The monoisotopic (exact) mass is 513 g/mol. The van der Waals surface area contributed by atoms with Gasteiger partial charge in [0.15, 0.2) is 0 Å². The van der Waals surface area contributed by atoms with E-state index in [1.807, 2.05) is 6.08 Å². The molecule has 0 aromatic heterocycles. The fourth-order valence-electron chi connectivity index (χ4n) is 2.50. The van der Waals surface area contributed by atoms with Crippen molar-refractivity contribution in [2.45, 2.75) is 64.9 Å². The summed E-state index contributed by atoms with van der Waals surface area (Å²) in [5, 5.41) is 0. The lowest BCUT2D eigenvalue weighted by molar-refractivity contribution is -0.154. The van der Waals surface area contributed by atoms with Gasteiger partial charge in [0.1, 0.15) is 6.10 Å². The van der Waals surface area contributed by atoms with Gasteiger partial charge in [0, 0.05) is 13.0 Å². The summed E-state index contributed by atoms with van der Waals surface area (Å²) in [7, 11) is -4.25. The van der Waals surface area contributed by atoms with Crippen molar-refractivity contribution in [3.63, 3.8) is 0 Å². The van der Waals surface area contributed by atoms with Crippen LogP contribution in [0.15, 0.2) is 60.8 Å². The molecule has 0 aliphatic heterocycles. The summed E-state index contributed by atoms with van der Waals surface area (Å²) >= 11 is 0. The summed E-state index contributed by atoms with van der Waals surface area (Å²) in [6.45, 7) is 3.92. The lowest BCUT2D eigenvalue weighted by Gasteiger charge is -2.19. The topological polar surface area (TPSA) is 117 Å². The van der Waals surface area contributed by atoms with E-state index >= 15 is 0 Å². The summed E-state index contributed by atoms with van der Waals surface area (Å²) in [5.74, 6) is -0.448. The number of phosphoric acid groups is 1. The summed E-state index contributed by atoms with van der Waals surface area (Å²) in [5.41, 5.74) is 5.24. The van der Waals surface area contributed by atoms with Crippen LogP contribution in [0.4, 0.5) is 0 Å². The first kappa shape index (κ1) is 33.2. The minimum absolute atomic E-state index is 0.0489. The van der Waals surface area contributed by atoms with Gasteiger partial charge in [-0.2, -0.15) is 0 Å². The molecule has 8 nitrogen and oxygen atoms in total. The van der Waals surface area contributed by atoms with Gasteiger partial charge in [0.25, 0.3) is 0 Å². The second-order valence-electron chi connectivity index (χ2n) is 7.42. The molecule has 0 aromatic carbocycles. The summed E-state index contributed by atoms with van der Waals surface area (Å²) in [6.07, 6.45) is 26.2. The first-order valence-electron chi connectivity index (χ1n) is 12.3. The van der Waals surface area contributed by atoms with Crippen molar-refractivity contribution in [1.82, 2.24) is 0 Å². The van der Waals surface area contributed by atoms with Gasteiger partial charge in [0.2, 0.25) is 0 Å². The summed E-state index contributed by atoms with van der Waals surface area (Å²) < 4.78 is 32.0. The number of allylic oxidation sites excluding steroid dienone is 9. The number of esters is 1. The number of nitrogens with two attached hydrogens (primary N) is 1. The minimum atomic E-state index is -4.25. The molecule has 2 atom stereocenters. The average Bonchev–Trinajstić information content (AvgIpc) is 2.85. The molecule has 0 aliphatic carbocycles. The van der Waals surface area contributed by atoms with Crippen LogP contribution in [0.3, 0.4) is 0 Å². The third-order valence-electron chi connectivity index (χ3n) is 4.27. The molecule has 9 heteroatoms. The lowest BCUT2D eigenvalue weighted by atomic mass is 10.2. The third kappa shape index (κ3) is 23.7. The Balaban J connectivity index is 4.02. The highest BCUT2D eigenvalue weighted by molar-refractivity contribution is 7.47. The molecule has 0 saturated carbocycles. The zero-order chi connectivity index (χ0) is 26.0. The molecule has 0 fully saturated rings. The number of carbonyl (C=O) groups is 1. The van der Waals surface area contributed by atoms with Crippen LogP contribution >= 0.6 is 7.82 Å². The molecule has 200 valence electrons. The Labute approximate surface area is 211 Å². The van der Waals surface area contributed by atoms with Crippen molar-refractivity contribution in [2.75, 3.05) is 33.0 Å². The highest BCUT2D eigenvalue weighted by Gasteiger charge is 2.24. The number of hydrogen-bond acceptors (Lipinski definition) is 7. The van der Waals surface area contributed by atoms with Crippen molar-refractivity contribution in [3.05, 3.63) is 60.8 Å². The number of carbonyl (C=O) groups excluding carboxylic acids is 1. The SMILES string of the molecule is CC/C=C\C/C=C\C/C=C\C/C=C\C/C=C\CCOCC(COP(=O)(O)OCCN)OC(=O)CC. The maximum Gasteiger partial charge on any atom is 0.472 e. The van der Waals surface area contributed by atoms with E-state index in [0.29, 0.717) is 13.0 Å². The molecule has 35 heavy (non-hydrogen) atoms. The van der Waals surface area contributed by atoms with Crippen LogP contribution in [0.2, 0.25) is 0 Å². The second kappa shape index (κ2) is 23.9. The Morgan fingerprint density at radius 2 is 1.37 bits per heavy atom. The third-order valence-corrected chi connectivity index (χ3v) is 5.26.